The minimum atomic E-state index is -0.353. The topological polar surface area (TPSA) is 84.0 Å². The quantitative estimate of drug-likeness (QED) is 0.708. The zero-order chi connectivity index (χ0) is 19.1. The van der Waals surface area contributed by atoms with Gasteiger partial charge >= 0.3 is 0 Å². The Balaban J connectivity index is 1.60. The van der Waals surface area contributed by atoms with E-state index in [-0.39, 0.29) is 23.2 Å². The van der Waals surface area contributed by atoms with Gasteiger partial charge in [0.1, 0.15) is 11.4 Å². The van der Waals surface area contributed by atoms with Gasteiger partial charge in [-0.25, -0.2) is 4.98 Å². The molecule has 0 atom stereocenters. The van der Waals surface area contributed by atoms with Gasteiger partial charge in [-0.15, -0.1) is 0 Å². The molecule has 6 heteroatoms. The Kier molecular flexibility index (Phi) is 5.89. The van der Waals surface area contributed by atoms with Crippen molar-refractivity contribution in [2.75, 3.05) is 0 Å². The van der Waals surface area contributed by atoms with Gasteiger partial charge in [-0.3, -0.25) is 14.6 Å². The van der Waals surface area contributed by atoms with Crippen molar-refractivity contribution in [3.8, 4) is 0 Å². The predicted molar refractivity (Wildman–Crippen MR) is 102 cm³/mol. The monoisotopic (exact) mass is 360 g/mol. The average Bonchev–Trinajstić information content (AvgIpc) is 2.71. The Morgan fingerprint density at radius 3 is 2.22 bits per heavy atom. The van der Waals surface area contributed by atoms with E-state index in [1.807, 2.05) is 49.4 Å². The predicted octanol–water partition coefficient (Wildman–Crippen LogP) is 2.65. The van der Waals surface area contributed by atoms with Crippen LogP contribution in [0.5, 0.6) is 0 Å². The molecule has 0 aliphatic heterocycles. The summed E-state index contributed by atoms with van der Waals surface area (Å²) in [5, 5.41) is 5.57. The van der Waals surface area contributed by atoms with E-state index in [1.165, 1.54) is 0 Å². The second-order valence-electron chi connectivity index (χ2n) is 6.08. The minimum Gasteiger partial charge on any atom is -0.347 e. The summed E-state index contributed by atoms with van der Waals surface area (Å²) in [6.07, 6.45) is 1.67. The molecule has 0 bridgehead atoms. The molecule has 0 aliphatic carbocycles. The molecule has 0 fully saturated rings. The van der Waals surface area contributed by atoms with Crippen LogP contribution in [-0.4, -0.2) is 21.8 Å². The van der Waals surface area contributed by atoms with Gasteiger partial charge in [0.05, 0.1) is 12.2 Å². The highest BCUT2D eigenvalue weighted by atomic mass is 16.2. The van der Waals surface area contributed by atoms with Gasteiger partial charge in [0.2, 0.25) is 0 Å². The summed E-state index contributed by atoms with van der Waals surface area (Å²) >= 11 is 0. The molecule has 2 aromatic heterocycles. The number of rotatable bonds is 6. The van der Waals surface area contributed by atoms with Crippen molar-refractivity contribution < 1.29 is 9.59 Å². The molecule has 136 valence electrons. The number of carbonyl (C=O) groups is 2. The first kappa shape index (κ1) is 18.3. The number of hydrogen-bond donors (Lipinski definition) is 2. The lowest BCUT2D eigenvalue weighted by atomic mass is 10.1. The molecule has 0 saturated carbocycles. The third-order valence-corrected chi connectivity index (χ3v) is 3.91. The molecule has 2 N–H and O–H groups in total. The lowest BCUT2D eigenvalue weighted by Gasteiger charge is -2.08. The summed E-state index contributed by atoms with van der Waals surface area (Å²) in [6.45, 7) is 2.70. The van der Waals surface area contributed by atoms with Crippen molar-refractivity contribution in [2.24, 2.45) is 0 Å². The Morgan fingerprint density at radius 2 is 1.56 bits per heavy atom. The van der Waals surface area contributed by atoms with Crippen molar-refractivity contribution in [1.29, 1.82) is 0 Å². The summed E-state index contributed by atoms with van der Waals surface area (Å²) in [7, 11) is 0. The Hall–Kier alpha value is -3.54. The molecule has 1 aromatic carbocycles. The van der Waals surface area contributed by atoms with Gasteiger partial charge in [0.15, 0.2) is 0 Å². The number of aromatic nitrogens is 2. The van der Waals surface area contributed by atoms with Crippen LogP contribution in [0.3, 0.4) is 0 Å². The molecule has 0 unspecified atom stereocenters. The van der Waals surface area contributed by atoms with Gasteiger partial charge in [0.25, 0.3) is 11.8 Å². The number of hydrogen-bond acceptors (Lipinski definition) is 4. The molecule has 0 spiro atoms. The first-order valence-corrected chi connectivity index (χ1v) is 8.61. The normalized spacial score (nSPS) is 10.3. The van der Waals surface area contributed by atoms with E-state index in [9.17, 15) is 9.59 Å². The molecule has 0 aliphatic rings. The van der Waals surface area contributed by atoms with Crippen LogP contribution in [0.25, 0.3) is 0 Å². The van der Waals surface area contributed by atoms with Gasteiger partial charge in [-0.2, -0.15) is 0 Å². The molecule has 27 heavy (non-hydrogen) atoms. The van der Waals surface area contributed by atoms with Crippen LogP contribution in [0.4, 0.5) is 0 Å². The van der Waals surface area contributed by atoms with E-state index in [0.29, 0.717) is 13.1 Å². The second kappa shape index (κ2) is 8.71. The van der Waals surface area contributed by atoms with Gasteiger partial charge in [0, 0.05) is 12.7 Å². The van der Waals surface area contributed by atoms with Crippen LogP contribution in [0.1, 0.15) is 37.8 Å². The standard InChI is InChI=1S/C21H20N4O2/c1-15-6-4-7-16(12-15)13-23-20(26)18-9-5-10-19(25-18)21(27)24-14-17-8-2-3-11-22-17/h2-12H,13-14H2,1H3,(H,23,26)(H,24,27). The van der Waals surface area contributed by atoms with Crippen molar-refractivity contribution in [3.63, 3.8) is 0 Å². The van der Waals surface area contributed by atoms with Gasteiger partial charge in [-0.1, -0.05) is 42.0 Å². The van der Waals surface area contributed by atoms with Gasteiger partial charge < -0.3 is 10.6 Å². The Bertz CT molecular complexity index is 942. The number of nitrogens with one attached hydrogen (secondary N) is 2. The summed E-state index contributed by atoms with van der Waals surface area (Å²) in [5.41, 5.74) is 3.28. The molecule has 3 aromatic rings. The highest BCUT2D eigenvalue weighted by Gasteiger charge is 2.12. The van der Waals surface area contributed by atoms with Crippen LogP contribution in [0.2, 0.25) is 0 Å². The fourth-order valence-electron chi connectivity index (χ4n) is 2.55. The summed E-state index contributed by atoms with van der Waals surface area (Å²) in [5.74, 6) is -0.676. The highest BCUT2D eigenvalue weighted by molar-refractivity contribution is 5.96. The van der Waals surface area contributed by atoms with E-state index in [0.717, 1.165) is 16.8 Å². The van der Waals surface area contributed by atoms with E-state index in [1.54, 1.807) is 24.4 Å². The van der Waals surface area contributed by atoms with E-state index in [4.69, 9.17) is 0 Å². The molecule has 3 rings (SSSR count). The molecule has 2 amide bonds. The first-order valence-electron chi connectivity index (χ1n) is 8.61. The first-order chi connectivity index (χ1) is 13.1. The van der Waals surface area contributed by atoms with Crippen LogP contribution in [0, 0.1) is 6.92 Å². The van der Waals surface area contributed by atoms with Crippen molar-refractivity contribution in [2.45, 2.75) is 20.0 Å². The molecular formula is C21H20N4O2. The minimum absolute atomic E-state index is 0.189. The highest BCUT2D eigenvalue weighted by Crippen LogP contribution is 2.05. The maximum atomic E-state index is 12.3. The number of carbonyl (C=O) groups excluding carboxylic acids is 2. The SMILES string of the molecule is Cc1cccc(CNC(=O)c2cccc(C(=O)NCc3ccccn3)n2)c1. The summed E-state index contributed by atoms with van der Waals surface area (Å²) in [6, 6.07) is 18.2. The zero-order valence-electron chi connectivity index (χ0n) is 15.0. The number of pyridine rings is 2. The molecule has 2 heterocycles. The van der Waals surface area contributed by atoms with Crippen LogP contribution >= 0.6 is 0 Å². The number of nitrogens with zero attached hydrogens (tertiary/aromatic N) is 2. The Labute approximate surface area is 157 Å². The molecule has 0 saturated heterocycles. The maximum absolute atomic E-state index is 12.3. The van der Waals surface area contributed by atoms with Crippen LogP contribution in [-0.2, 0) is 13.1 Å². The fourth-order valence-corrected chi connectivity index (χ4v) is 2.55. The van der Waals surface area contributed by atoms with E-state index >= 15 is 0 Å². The van der Waals surface area contributed by atoms with Crippen molar-refractivity contribution in [3.05, 3.63) is 95.1 Å². The number of benzene rings is 1. The lowest BCUT2D eigenvalue weighted by Crippen LogP contribution is -2.27. The molecule has 6 nitrogen and oxygen atoms in total. The van der Waals surface area contributed by atoms with Crippen LogP contribution in [0.15, 0.2) is 66.9 Å². The Morgan fingerprint density at radius 1 is 0.852 bits per heavy atom. The van der Waals surface area contributed by atoms with Crippen LogP contribution < -0.4 is 10.6 Å². The van der Waals surface area contributed by atoms with E-state index in [2.05, 4.69) is 20.6 Å². The number of aryl methyl sites for hydroxylation is 1. The fraction of sp³-hybridized carbons (Fsp3) is 0.143. The summed E-state index contributed by atoms with van der Waals surface area (Å²) < 4.78 is 0. The van der Waals surface area contributed by atoms with Crippen molar-refractivity contribution >= 4 is 11.8 Å². The molecular weight excluding hydrogens is 340 g/mol. The smallest absolute Gasteiger partial charge is 0.270 e. The second-order valence-corrected chi connectivity index (χ2v) is 6.08. The van der Waals surface area contributed by atoms with Gasteiger partial charge in [-0.05, 0) is 36.8 Å². The average molecular weight is 360 g/mol. The van der Waals surface area contributed by atoms with E-state index < -0.39 is 0 Å². The summed E-state index contributed by atoms with van der Waals surface area (Å²) in [4.78, 5) is 32.9. The maximum Gasteiger partial charge on any atom is 0.270 e. The third kappa shape index (κ3) is 5.22. The largest absolute Gasteiger partial charge is 0.347 e. The van der Waals surface area contributed by atoms with Crippen molar-refractivity contribution in [1.82, 2.24) is 20.6 Å². The molecule has 0 radical (unpaired) electrons. The zero-order valence-corrected chi connectivity index (χ0v) is 15.0. The lowest BCUT2D eigenvalue weighted by molar-refractivity contribution is 0.0941. The third-order valence-electron chi connectivity index (χ3n) is 3.91. The number of amides is 2.